The number of hydrogen-bond donors (Lipinski definition) is 1. The smallest absolute Gasteiger partial charge is 0.247 e. The molecule has 0 unspecified atom stereocenters. The Morgan fingerprint density at radius 1 is 1.20 bits per heavy atom. The van der Waals surface area contributed by atoms with E-state index in [-0.39, 0.29) is 0 Å². The lowest BCUT2D eigenvalue weighted by Gasteiger charge is -2.20. The Labute approximate surface area is 120 Å². The van der Waals surface area contributed by atoms with E-state index in [0.717, 1.165) is 18.7 Å². The van der Waals surface area contributed by atoms with Gasteiger partial charge in [0, 0.05) is 24.7 Å². The molecule has 20 heavy (non-hydrogen) atoms. The topological polar surface area (TPSA) is 54.2 Å². The summed E-state index contributed by atoms with van der Waals surface area (Å²) in [5.74, 6) is 1.19. The normalized spacial score (nSPS) is 11.4. The summed E-state index contributed by atoms with van der Waals surface area (Å²) in [6.45, 7) is 6.87. The maximum Gasteiger partial charge on any atom is 0.247 e. The zero-order valence-electron chi connectivity index (χ0n) is 12.3. The number of hydrogen-bond acceptors (Lipinski definition) is 5. The van der Waals surface area contributed by atoms with Crippen molar-refractivity contribution in [3.8, 4) is 11.5 Å². The first-order chi connectivity index (χ1) is 9.66. The van der Waals surface area contributed by atoms with E-state index in [1.54, 1.807) is 0 Å². The van der Waals surface area contributed by atoms with Gasteiger partial charge >= 0.3 is 0 Å². The summed E-state index contributed by atoms with van der Waals surface area (Å²) in [5, 5.41) is 11.4. The molecule has 0 aliphatic heterocycles. The Bertz CT molecular complexity index is 510. The molecule has 0 saturated carbocycles. The lowest BCUT2D eigenvalue weighted by atomic mass is 10.2. The first-order valence-corrected chi connectivity index (χ1v) is 6.95. The molecule has 108 valence electrons. The average Bonchev–Trinajstić information content (AvgIpc) is 2.93. The largest absolute Gasteiger partial charge is 0.419 e. The molecule has 1 heterocycles. The van der Waals surface area contributed by atoms with E-state index < -0.39 is 0 Å². The van der Waals surface area contributed by atoms with Gasteiger partial charge in [0.25, 0.3) is 0 Å². The minimum atomic E-state index is 0.560. The standard InChI is InChI=1S/C15H22N4O/c1-12(2)19(3)10-9-16-11-14-17-18-15(20-14)13-7-5-4-6-8-13/h4-8,12,16H,9-11H2,1-3H3. The van der Waals surface area contributed by atoms with Crippen molar-refractivity contribution in [2.45, 2.75) is 26.4 Å². The van der Waals surface area contributed by atoms with Crippen LogP contribution in [-0.4, -0.2) is 41.3 Å². The molecule has 1 aromatic heterocycles. The van der Waals surface area contributed by atoms with Gasteiger partial charge in [-0.05, 0) is 33.0 Å². The van der Waals surface area contributed by atoms with Crippen molar-refractivity contribution in [2.75, 3.05) is 20.1 Å². The van der Waals surface area contributed by atoms with E-state index in [1.807, 2.05) is 30.3 Å². The zero-order valence-corrected chi connectivity index (χ0v) is 12.3. The highest BCUT2D eigenvalue weighted by molar-refractivity contribution is 5.51. The second-order valence-electron chi connectivity index (χ2n) is 5.12. The molecule has 1 aromatic carbocycles. The zero-order chi connectivity index (χ0) is 14.4. The molecular formula is C15H22N4O. The van der Waals surface area contributed by atoms with Crippen LogP contribution in [0.3, 0.4) is 0 Å². The molecule has 0 fully saturated rings. The highest BCUT2D eigenvalue weighted by Crippen LogP contribution is 2.16. The summed E-state index contributed by atoms with van der Waals surface area (Å²) in [7, 11) is 2.12. The van der Waals surface area contributed by atoms with Gasteiger partial charge in [-0.2, -0.15) is 0 Å². The number of benzene rings is 1. The maximum absolute atomic E-state index is 5.63. The molecule has 0 radical (unpaired) electrons. The molecule has 0 aliphatic carbocycles. The van der Waals surface area contributed by atoms with Crippen LogP contribution < -0.4 is 5.32 Å². The lowest BCUT2D eigenvalue weighted by molar-refractivity contribution is 0.272. The third kappa shape index (κ3) is 4.15. The van der Waals surface area contributed by atoms with Gasteiger partial charge in [0.05, 0.1) is 6.54 Å². The second-order valence-corrected chi connectivity index (χ2v) is 5.12. The lowest BCUT2D eigenvalue weighted by Crippen LogP contribution is -2.33. The third-order valence-electron chi connectivity index (χ3n) is 3.29. The first-order valence-electron chi connectivity index (χ1n) is 6.95. The quantitative estimate of drug-likeness (QED) is 0.784. The summed E-state index contributed by atoms with van der Waals surface area (Å²) in [4.78, 5) is 2.29. The summed E-state index contributed by atoms with van der Waals surface area (Å²) >= 11 is 0. The molecular weight excluding hydrogens is 252 g/mol. The van der Waals surface area contributed by atoms with Crippen molar-refractivity contribution in [2.24, 2.45) is 0 Å². The van der Waals surface area contributed by atoms with E-state index in [2.05, 4.69) is 41.3 Å². The fourth-order valence-corrected chi connectivity index (χ4v) is 1.73. The van der Waals surface area contributed by atoms with E-state index in [9.17, 15) is 0 Å². The second kappa shape index (κ2) is 7.17. The van der Waals surface area contributed by atoms with Crippen LogP contribution in [0.1, 0.15) is 19.7 Å². The van der Waals surface area contributed by atoms with Crippen LogP contribution in [0, 0.1) is 0 Å². The van der Waals surface area contributed by atoms with Crippen LogP contribution in [0.15, 0.2) is 34.7 Å². The van der Waals surface area contributed by atoms with Gasteiger partial charge in [0.15, 0.2) is 0 Å². The van der Waals surface area contributed by atoms with Crippen molar-refractivity contribution in [3.05, 3.63) is 36.2 Å². The molecule has 1 N–H and O–H groups in total. The fraction of sp³-hybridized carbons (Fsp3) is 0.467. The molecule has 0 saturated heterocycles. The van der Waals surface area contributed by atoms with Crippen molar-refractivity contribution < 1.29 is 4.42 Å². The molecule has 0 atom stereocenters. The summed E-state index contributed by atoms with van der Waals surface area (Å²) in [6.07, 6.45) is 0. The predicted molar refractivity (Wildman–Crippen MR) is 79.2 cm³/mol. The molecule has 0 aliphatic rings. The Morgan fingerprint density at radius 3 is 2.65 bits per heavy atom. The number of likely N-dealkylation sites (N-methyl/N-ethyl adjacent to an activating group) is 1. The van der Waals surface area contributed by atoms with Crippen LogP contribution in [0.5, 0.6) is 0 Å². The average molecular weight is 274 g/mol. The van der Waals surface area contributed by atoms with Crippen LogP contribution in [0.2, 0.25) is 0 Å². The van der Waals surface area contributed by atoms with E-state index in [0.29, 0.717) is 24.4 Å². The van der Waals surface area contributed by atoms with Crippen molar-refractivity contribution in [1.82, 2.24) is 20.4 Å². The summed E-state index contributed by atoms with van der Waals surface area (Å²) in [6, 6.07) is 10.4. The Kier molecular flexibility index (Phi) is 5.26. The van der Waals surface area contributed by atoms with Crippen LogP contribution in [-0.2, 0) is 6.54 Å². The Balaban J connectivity index is 1.79. The SMILES string of the molecule is CC(C)N(C)CCNCc1nnc(-c2ccccc2)o1. The van der Waals surface area contributed by atoms with Gasteiger partial charge in [-0.3, -0.25) is 0 Å². The van der Waals surface area contributed by atoms with E-state index in [4.69, 9.17) is 4.42 Å². The number of nitrogens with zero attached hydrogens (tertiary/aromatic N) is 3. The van der Waals surface area contributed by atoms with Crippen LogP contribution in [0.4, 0.5) is 0 Å². The molecule has 2 aromatic rings. The highest BCUT2D eigenvalue weighted by atomic mass is 16.4. The molecule has 0 bridgehead atoms. The van der Waals surface area contributed by atoms with Gasteiger partial charge in [-0.15, -0.1) is 10.2 Å². The Morgan fingerprint density at radius 2 is 1.95 bits per heavy atom. The van der Waals surface area contributed by atoms with Gasteiger partial charge < -0.3 is 14.6 Å². The number of aromatic nitrogens is 2. The monoisotopic (exact) mass is 274 g/mol. The fourth-order valence-electron chi connectivity index (χ4n) is 1.73. The van der Waals surface area contributed by atoms with Crippen molar-refractivity contribution in [3.63, 3.8) is 0 Å². The van der Waals surface area contributed by atoms with Crippen molar-refractivity contribution >= 4 is 0 Å². The Hall–Kier alpha value is -1.72. The van der Waals surface area contributed by atoms with Gasteiger partial charge in [0.1, 0.15) is 0 Å². The van der Waals surface area contributed by atoms with Crippen LogP contribution >= 0.6 is 0 Å². The number of rotatable bonds is 7. The predicted octanol–water partition coefficient (Wildman–Crippen LogP) is 2.17. The van der Waals surface area contributed by atoms with Crippen molar-refractivity contribution in [1.29, 1.82) is 0 Å². The highest BCUT2D eigenvalue weighted by Gasteiger charge is 2.08. The molecule has 5 heteroatoms. The molecule has 0 amide bonds. The summed E-state index contributed by atoms with van der Waals surface area (Å²) in [5.41, 5.74) is 0.950. The van der Waals surface area contributed by atoms with Gasteiger partial charge in [-0.25, -0.2) is 0 Å². The summed E-state index contributed by atoms with van der Waals surface area (Å²) < 4.78 is 5.63. The molecule has 2 rings (SSSR count). The maximum atomic E-state index is 5.63. The molecule has 0 spiro atoms. The number of nitrogens with one attached hydrogen (secondary N) is 1. The van der Waals surface area contributed by atoms with E-state index >= 15 is 0 Å². The van der Waals surface area contributed by atoms with E-state index in [1.165, 1.54) is 0 Å². The molecule has 5 nitrogen and oxygen atoms in total. The minimum absolute atomic E-state index is 0.560. The van der Waals surface area contributed by atoms with Gasteiger partial charge in [0.2, 0.25) is 11.8 Å². The first kappa shape index (κ1) is 14.7. The third-order valence-corrected chi connectivity index (χ3v) is 3.29. The minimum Gasteiger partial charge on any atom is -0.419 e. The van der Waals surface area contributed by atoms with Gasteiger partial charge in [-0.1, -0.05) is 18.2 Å². The van der Waals surface area contributed by atoms with Crippen LogP contribution in [0.25, 0.3) is 11.5 Å².